The van der Waals surface area contributed by atoms with Crippen LogP contribution in [0.25, 0.3) is 11.0 Å². The summed E-state index contributed by atoms with van der Waals surface area (Å²) in [4.78, 5) is 45.6. The van der Waals surface area contributed by atoms with Crippen molar-refractivity contribution >= 4 is 28.8 Å². The van der Waals surface area contributed by atoms with Crippen molar-refractivity contribution in [2.24, 2.45) is 20.0 Å². The largest absolute Gasteiger partial charge is 0.480 e. The van der Waals surface area contributed by atoms with Crippen molar-refractivity contribution in [3.8, 4) is 0 Å². The first-order valence-electron chi connectivity index (χ1n) is 9.03. The number of unbranched alkanes of at least 4 members (excludes halogenated alkanes) is 1. The summed E-state index contributed by atoms with van der Waals surface area (Å²) in [6, 6.07) is 0. The number of nitrogens with zero attached hydrogens (tertiary/aromatic N) is 4. The molecule has 2 heterocycles. The lowest BCUT2D eigenvalue weighted by Gasteiger charge is -2.15. The van der Waals surface area contributed by atoms with Crippen LogP contribution in [-0.4, -0.2) is 35.4 Å². The number of aliphatic carboxylic acids is 1. The van der Waals surface area contributed by atoms with E-state index in [4.69, 9.17) is 0 Å². The SMILES string of the molecule is CCCC[C@@H](Sc1nc(CC(C)C)nc2c1c(=O)n(C)c(=O)n2C)C(=O)O. The lowest BCUT2D eigenvalue weighted by atomic mass is 10.1. The van der Waals surface area contributed by atoms with Gasteiger partial charge < -0.3 is 5.11 Å². The zero-order chi connectivity index (χ0) is 20.3. The van der Waals surface area contributed by atoms with Crippen LogP contribution in [-0.2, 0) is 25.3 Å². The lowest BCUT2D eigenvalue weighted by Crippen LogP contribution is -2.38. The highest BCUT2D eigenvalue weighted by atomic mass is 32.2. The average Bonchev–Trinajstić information content (AvgIpc) is 2.60. The van der Waals surface area contributed by atoms with Crippen molar-refractivity contribution < 1.29 is 9.90 Å². The highest BCUT2D eigenvalue weighted by Crippen LogP contribution is 2.29. The van der Waals surface area contributed by atoms with Crippen LogP contribution in [0, 0.1) is 5.92 Å². The van der Waals surface area contributed by atoms with E-state index in [0.29, 0.717) is 23.7 Å². The van der Waals surface area contributed by atoms with Crippen molar-refractivity contribution in [3.05, 3.63) is 26.7 Å². The van der Waals surface area contributed by atoms with E-state index in [2.05, 4.69) is 9.97 Å². The molecule has 0 spiro atoms. The van der Waals surface area contributed by atoms with Crippen LogP contribution < -0.4 is 11.2 Å². The van der Waals surface area contributed by atoms with Crippen molar-refractivity contribution in [2.45, 2.75) is 56.7 Å². The molecule has 9 heteroatoms. The van der Waals surface area contributed by atoms with Gasteiger partial charge in [-0.1, -0.05) is 45.4 Å². The molecule has 1 N–H and O–H groups in total. The maximum Gasteiger partial charge on any atom is 0.332 e. The third kappa shape index (κ3) is 4.58. The van der Waals surface area contributed by atoms with Gasteiger partial charge in [0, 0.05) is 20.5 Å². The summed E-state index contributed by atoms with van der Waals surface area (Å²) in [6.07, 6.45) is 2.69. The molecule has 0 aliphatic rings. The van der Waals surface area contributed by atoms with Crippen LogP contribution in [0.5, 0.6) is 0 Å². The van der Waals surface area contributed by atoms with E-state index >= 15 is 0 Å². The number of carbonyl (C=O) groups is 1. The van der Waals surface area contributed by atoms with Crippen molar-refractivity contribution in [1.82, 2.24) is 19.1 Å². The molecule has 0 saturated carbocycles. The normalized spacial score (nSPS) is 12.7. The molecule has 0 bridgehead atoms. The predicted molar refractivity (Wildman–Crippen MR) is 105 cm³/mol. The van der Waals surface area contributed by atoms with Gasteiger partial charge in [0.25, 0.3) is 5.56 Å². The first-order valence-corrected chi connectivity index (χ1v) is 9.91. The Kier molecular flexibility index (Phi) is 6.80. The van der Waals surface area contributed by atoms with Crippen LogP contribution in [0.4, 0.5) is 0 Å². The molecule has 0 fully saturated rings. The molecule has 0 aromatic carbocycles. The van der Waals surface area contributed by atoms with E-state index in [1.807, 2.05) is 20.8 Å². The van der Waals surface area contributed by atoms with E-state index in [1.54, 1.807) is 7.05 Å². The number of aromatic nitrogens is 4. The Hall–Kier alpha value is -2.16. The number of fused-ring (bicyclic) bond motifs is 1. The molecule has 2 rings (SSSR count). The van der Waals surface area contributed by atoms with Crippen molar-refractivity contribution in [1.29, 1.82) is 0 Å². The quantitative estimate of drug-likeness (QED) is 0.539. The maximum atomic E-state index is 12.7. The second kappa shape index (κ2) is 8.69. The fourth-order valence-electron chi connectivity index (χ4n) is 2.77. The smallest absolute Gasteiger partial charge is 0.332 e. The Bertz CT molecular complexity index is 964. The van der Waals surface area contributed by atoms with Crippen LogP contribution in [0.15, 0.2) is 14.6 Å². The first-order chi connectivity index (χ1) is 12.7. The number of aryl methyl sites for hydroxylation is 1. The molecule has 0 amide bonds. The number of carboxylic acid groups (broad SMARTS) is 1. The van der Waals surface area contributed by atoms with E-state index in [9.17, 15) is 19.5 Å². The number of rotatable bonds is 8. The molecule has 1 atom stereocenters. The second-order valence-corrected chi connectivity index (χ2v) is 8.23. The fourth-order valence-corrected chi connectivity index (χ4v) is 3.88. The molecule has 0 saturated heterocycles. The molecule has 8 nitrogen and oxygen atoms in total. The van der Waals surface area contributed by atoms with E-state index < -0.39 is 22.5 Å². The Morgan fingerprint density at radius 1 is 1.19 bits per heavy atom. The van der Waals surface area contributed by atoms with Crippen molar-refractivity contribution in [3.63, 3.8) is 0 Å². The Morgan fingerprint density at radius 3 is 2.41 bits per heavy atom. The highest BCUT2D eigenvalue weighted by molar-refractivity contribution is 8.00. The van der Waals surface area contributed by atoms with Gasteiger partial charge in [0.1, 0.15) is 21.5 Å². The maximum absolute atomic E-state index is 12.7. The lowest BCUT2D eigenvalue weighted by molar-refractivity contribution is -0.136. The van der Waals surface area contributed by atoms with Crippen LogP contribution in [0.2, 0.25) is 0 Å². The molecular weight excluding hydrogens is 368 g/mol. The average molecular weight is 394 g/mol. The molecule has 0 aliphatic heterocycles. The molecular formula is C18H26N4O4S. The zero-order valence-electron chi connectivity index (χ0n) is 16.4. The molecule has 148 valence electrons. The van der Waals surface area contributed by atoms with Crippen molar-refractivity contribution in [2.75, 3.05) is 0 Å². The third-order valence-electron chi connectivity index (χ3n) is 4.25. The standard InChI is InChI=1S/C18H26N4O4S/c1-6-7-8-11(17(24)25)27-15-13-14(19-12(20-15)9-10(2)3)21(4)18(26)22(5)16(13)23/h10-11H,6-9H2,1-5H3,(H,24,25)/t11-/m1/s1. The summed E-state index contributed by atoms with van der Waals surface area (Å²) >= 11 is 1.07. The van der Waals surface area contributed by atoms with Gasteiger partial charge in [-0.3, -0.25) is 18.7 Å². The minimum absolute atomic E-state index is 0.194. The Morgan fingerprint density at radius 2 is 1.85 bits per heavy atom. The summed E-state index contributed by atoms with van der Waals surface area (Å²) in [5, 5.41) is 9.38. The Balaban J connectivity index is 2.72. The molecule has 0 radical (unpaired) electrons. The van der Waals surface area contributed by atoms with E-state index in [1.165, 1.54) is 11.6 Å². The molecule has 2 aromatic rings. The second-order valence-electron chi connectivity index (χ2n) is 7.03. The van der Waals surface area contributed by atoms with Crippen LogP contribution >= 0.6 is 11.8 Å². The fraction of sp³-hybridized carbons (Fsp3) is 0.611. The molecule has 0 aliphatic carbocycles. The Labute approximate surface area is 161 Å². The molecule has 2 aromatic heterocycles. The van der Waals surface area contributed by atoms with Crippen LogP contribution in [0.3, 0.4) is 0 Å². The van der Waals surface area contributed by atoms with Gasteiger partial charge in [-0.05, 0) is 12.3 Å². The van der Waals surface area contributed by atoms with Gasteiger partial charge in [-0.15, -0.1) is 0 Å². The van der Waals surface area contributed by atoms with Gasteiger partial charge in [-0.25, -0.2) is 14.8 Å². The summed E-state index contributed by atoms with van der Waals surface area (Å²) in [7, 11) is 2.95. The molecule has 0 unspecified atom stereocenters. The number of hydrogen-bond donors (Lipinski definition) is 1. The van der Waals surface area contributed by atoms with Gasteiger partial charge in [0.15, 0.2) is 5.65 Å². The number of thioether (sulfide) groups is 1. The zero-order valence-corrected chi connectivity index (χ0v) is 17.2. The minimum Gasteiger partial charge on any atom is -0.480 e. The minimum atomic E-state index is -0.938. The number of carboxylic acids is 1. The molecule has 27 heavy (non-hydrogen) atoms. The highest BCUT2D eigenvalue weighted by Gasteiger charge is 2.24. The van der Waals surface area contributed by atoms with Gasteiger partial charge in [-0.2, -0.15) is 0 Å². The summed E-state index contributed by atoms with van der Waals surface area (Å²) < 4.78 is 2.31. The van der Waals surface area contributed by atoms with Gasteiger partial charge in [0.2, 0.25) is 0 Å². The topological polar surface area (TPSA) is 107 Å². The van der Waals surface area contributed by atoms with Crippen LogP contribution in [0.1, 0.15) is 45.9 Å². The third-order valence-corrected chi connectivity index (χ3v) is 5.49. The monoisotopic (exact) mass is 394 g/mol. The predicted octanol–water partition coefficient (Wildman–Crippen LogP) is 1.96. The summed E-state index contributed by atoms with van der Waals surface area (Å²) in [5.74, 6) is -0.158. The summed E-state index contributed by atoms with van der Waals surface area (Å²) in [5.41, 5.74) is -0.736. The van der Waals surface area contributed by atoms with Gasteiger partial charge in [0.05, 0.1) is 0 Å². The van der Waals surface area contributed by atoms with E-state index in [0.717, 1.165) is 29.2 Å². The van der Waals surface area contributed by atoms with Gasteiger partial charge >= 0.3 is 11.7 Å². The van der Waals surface area contributed by atoms with E-state index in [-0.39, 0.29) is 17.0 Å². The summed E-state index contributed by atoms with van der Waals surface area (Å²) in [6.45, 7) is 6.03. The first kappa shape index (κ1) is 21.1. The number of hydrogen-bond acceptors (Lipinski definition) is 6.